The second kappa shape index (κ2) is 8.56. The maximum absolute atomic E-state index is 12.5. The summed E-state index contributed by atoms with van der Waals surface area (Å²) < 4.78 is 29.6. The van der Waals surface area contributed by atoms with Gasteiger partial charge in [-0.25, -0.2) is 8.42 Å². The fourth-order valence-corrected chi connectivity index (χ4v) is 4.39. The maximum Gasteiger partial charge on any atom is 0.307 e. The summed E-state index contributed by atoms with van der Waals surface area (Å²) in [6, 6.07) is 14.1. The van der Waals surface area contributed by atoms with Crippen LogP contribution in [0.4, 0.5) is 5.69 Å². The van der Waals surface area contributed by atoms with Crippen molar-refractivity contribution in [1.29, 1.82) is 0 Å². The summed E-state index contributed by atoms with van der Waals surface area (Å²) in [5.74, 6) is -1.36. The van der Waals surface area contributed by atoms with Crippen LogP contribution >= 0.6 is 0 Å². The largest absolute Gasteiger partial charge is 0.456 e. The third-order valence-corrected chi connectivity index (χ3v) is 6.45. The molecule has 1 heterocycles. The Bertz CT molecular complexity index is 967. The number of benzene rings is 2. The highest BCUT2D eigenvalue weighted by Gasteiger charge is 2.23. The minimum absolute atomic E-state index is 0.173. The molecule has 1 aliphatic heterocycles. The van der Waals surface area contributed by atoms with Crippen molar-refractivity contribution in [3.05, 3.63) is 59.7 Å². The van der Waals surface area contributed by atoms with Gasteiger partial charge in [0.2, 0.25) is 0 Å². The first-order chi connectivity index (χ1) is 13.4. The van der Waals surface area contributed by atoms with Gasteiger partial charge in [0.05, 0.1) is 17.1 Å². The molecule has 148 valence electrons. The highest BCUT2D eigenvalue weighted by atomic mass is 32.2. The molecule has 0 aliphatic carbocycles. The Morgan fingerprint density at radius 3 is 2.54 bits per heavy atom. The molecule has 0 bridgehead atoms. The Morgan fingerprint density at radius 1 is 1.07 bits per heavy atom. The molecule has 0 spiro atoms. The van der Waals surface area contributed by atoms with Gasteiger partial charge in [-0.05, 0) is 43.5 Å². The molecule has 0 fully saturated rings. The lowest BCUT2D eigenvalue weighted by molar-refractivity contribution is -0.147. The predicted molar refractivity (Wildman–Crippen MR) is 106 cm³/mol. The van der Waals surface area contributed by atoms with E-state index in [1.807, 2.05) is 31.2 Å². The number of nitrogens with zero attached hydrogens (tertiary/aromatic N) is 1. The lowest BCUT2D eigenvalue weighted by Crippen LogP contribution is -2.38. The lowest BCUT2D eigenvalue weighted by Gasteiger charge is -2.29. The summed E-state index contributed by atoms with van der Waals surface area (Å²) in [5, 5.41) is 0. The zero-order chi connectivity index (χ0) is 20.1. The average Bonchev–Trinajstić information content (AvgIpc) is 2.70. The van der Waals surface area contributed by atoms with Crippen LogP contribution in [0.15, 0.2) is 53.4 Å². The Balaban J connectivity index is 1.52. The van der Waals surface area contributed by atoms with E-state index in [1.54, 1.807) is 17.0 Å². The van der Waals surface area contributed by atoms with Crippen LogP contribution in [0.1, 0.15) is 24.0 Å². The van der Waals surface area contributed by atoms with E-state index >= 15 is 0 Å². The fourth-order valence-electron chi connectivity index (χ4n) is 3.17. The van der Waals surface area contributed by atoms with Crippen molar-refractivity contribution in [3.63, 3.8) is 0 Å². The quantitative estimate of drug-likeness (QED) is 0.695. The Labute approximate surface area is 165 Å². The van der Waals surface area contributed by atoms with E-state index < -0.39 is 22.4 Å². The molecule has 28 heavy (non-hydrogen) atoms. The van der Waals surface area contributed by atoms with Crippen molar-refractivity contribution >= 4 is 27.4 Å². The minimum atomic E-state index is -3.57. The highest BCUT2D eigenvalue weighted by molar-refractivity contribution is 7.91. The molecular weight excluding hydrogens is 378 g/mol. The predicted octanol–water partition coefficient (Wildman–Crippen LogP) is 2.68. The molecule has 1 amide bonds. The van der Waals surface area contributed by atoms with Gasteiger partial charge in [0, 0.05) is 12.2 Å². The van der Waals surface area contributed by atoms with Crippen molar-refractivity contribution in [2.45, 2.75) is 31.1 Å². The van der Waals surface area contributed by atoms with Gasteiger partial charge in [0.25, 0.3) is 5.91 Å². The summed E-state index contributed by atoms with van der Waals surface area (Å²) in [6.07, 6.45) is 1.47. The lowest BCUT2D eigenvalue weighted by atomic mass is 10.0. The van der Waals surface area contributed by atoms with Crippen molar-refractivity contribution in [3.8, 4) is 0 Å². The first-order valence-corrected chi connectivity index (χ1v) is 10.9. The number of sulfone groups is 1. The monoisotopic (exact) mass is 401 g/mol. The van der Waals surface area contributed by atoms with E-state index in [1.165, 1.54) is 12.1 Å². The first kappa shape index (κ1) is 20.1. The molecule has 2 aromatic rings. The summed E-state index contributed by atoms with van der Waals surface area (Å²) in [4.78, 5) is 26.2. The molecule has 3 rings (SSSR count). The number of para-hydroxylation sites is 1. The molecule has 0 saturated carbocycles. The molecule has 0 radical (unpaired) electrons. The number of rotatable bonds is 6. The number of aryl methyl sites for hydroxylation is 2. The van der Waals surface area contributed by atoms with E-state index in [2.05, 4.69) is 0 Å². The van der Waals surface area contributed by atoms with E-state index in [0.717, 1.165) is 29.7 Å². The molecule has 6 nitrogen and oxygen atoms in total. The highest BCUT2D eigenvalue weighted by Crippen LogP contribution is 2.26. The summed E-state index contributed by atoms with van der Waals surface area (Å²) in [6.45, 7) is 2.05. The van der Waals surface area contributed by atoms with Gasteiger partial charge in [0.1, 0.15) is 0 Å². The number of anilines is 1. The van der Waals surface area contributed by atoms with Gasteiger partial charge in [-0.1, -0.05) is 35.9 Å². The molecule has 7 heteroatoms. The van der Waals surface area contributed by atoms with Crippen molar-refractivity contribution in [2.75, 3.05) is 23.8 Å². The van der Waals surface area contributed by atoms with Crippen LogP contribution in [0.5, 0.6) is 0 Å². The van der Waals surface area contributed by atoms with Crippen molar-refractivity contribution < 1.29 is 22.7 Å². The minimum Gasteiger partial charge on any atom is -0.456 e. The van der Waals surface area contributed by atoms with Crippen LogP contribution in [0.25, 0.3) is 0 Å². The number of hydrogen-bond acceptors (Lipinski definition) is 5. The van der Waals surface area contributed by atoms with Gasteiger partial charge >= 0.3 is 5.97 Å². The number of ether oxygens (including phenoxy) is 1. The van der Waals surface area contributed by atoms with Crippen LogP contribution in [-0.4, -0.2) is 39.2 Å². The van der Waals surface area contributed by atoms with Crippen LogP contribution in [0.2, 0.25) is 0 Å². The normalized spacial score (nSPS) is 13.7. The summed E-state index contributed by atoms with van der Waals surface area (Å²) >= 11 is 0. The average molecular weight is 401 g/mol. The van der Waals surface area contributed by atoms with Crippen LogP contribution in [0.3, 0.4) is 0 Å². The van der Waals surface area contributed by atoms with Gasteiger partial charge in [-0.3, -0.25) is 9.59 Å². The molecule has 0 aromatic heterocycles. The van der Waals surface area contributed by atoms with E-state index in [4.69, 9.17) is 4.74 Å². The summed E-state index contributed by atoms with van der Waals surface area (Å²) in [5.41, 5.74) is 2.89. The molecule has 0 unspecified atom stereocenters. The standard InChI is InChI=1S/C21H23NO5S/c1-16-8-10-18(11-9-16)28(25,26)14-12-21(24)27-15-20(23)22-13-4-6-17-5-2-3-7-19(17)22/h2-3,5,7-11H,4,6,12-15H2,1H3. The van der Waals surface area contributed by atoms with Gasteiger partial charge in [0.15, 0.2) is 16.4 Å². The number of carbonyl (C=O) groups is 2. The van der Waals surface area contributed by atoms with Gasteiger partial charge < -0.3 is 9.64 Å². The Morgan fingerprint density at radius 2 is 1.79 bits per heavy atom. The van der Waals surface area contributed by atoms with Crippen LogP contribution in [-0.2, 0) is 30.6 Å². The third kappa shape index (κ3) is 4.78. The zero-order valence-corrected chi connectivity index (χ0v) is 16.6. The van der Waals surface area contributed by atoms with E-state index in [-0.39, 0.29) is 23.0 Å². The molecule has 0 N–H and O–H groups in total. The van der Waals surface area contributed by atoms with Gasteiger partial charge in [-0.2, -0.15) is 0 Å². The number of amides is 1. The Hall–Kier alpha value is -2.67. The SMILES string of the molecule is Cc1ccc(S(=O)(=O)CCC(=O)OCC(=O)N2CCCc3ccccc32)cc1. The molecule has 0 saturated heterocycles. The zero-order valence-electron chi connectivity index (χ0n) is 15.8. The third-order valence-electron chi connectivity index (χ3n) is 4.72. The molecule has 1 aliphatic rings. The first-order valence-electron chi connectivity index (χ1n) is 9.20. The fraction of sp³-hybridized carbons (Fsp3) is 0.333. The summed E-state index contributed by atoms with van der Waals surface area (Å²) in [7, 11) is -3.57. The molecular formula is C21H23NO5S. The van der Waals surface area contributed by atoms with Crippen molar-refractivity contribution in [2.24, 2.45) is 0 Å². The number of hydrogen-bond donors (Lipinski definition) is 0. The van der Waals surface area contributed by atoms with Gasteiger partial charge in [-0.15, -0.1) is 0 Å². The number of esters is 1. The van der Waals surface area contributed by atoms with Crippen LogP contribution < -0.4 is 4.90 Å². The topological polar surface area (TPSA) is 80.7 Å². The van der Waals surface area contributed by atoms with E-state index in [9.17, 15) is 18.0 Å². The molecule has 0 atom stereocenters. The Kier molecular flexibility index (Phi) is 6.14. The maximum atomic E-state index is 12.5. The number of fused-ring (bicyclic) bond motifs is 1. The van der Waals surface area contributed by atoms with Crippen LogP contribution in [0, 0.1) is 6.92 Å². The molecule has 2 aromatic carbocycles. The number of carbonyl (C=O) groups excluding carboxylic acids is 2. The van der Waals surface area contributed by atoms with E-state index in [0.29, 0.717) is 6.54 Å². The van der Waals surface area contributed by atoms with Crippen molar-refractivity contribution in [1.82, 2.24) is 0 Å². The second-order valence-corrected chi connectivity index (χ2v) is 8.93. The second-order valence-electron chi connectivity index (χ2n) is 6.82. The smallest absolute Gasteiger partial charge is 0.307 e.